The third-order valence-electron chi connectivity index (χ3n) is 3.22. The van der Waals surface area contributed by atoms with E-state index in [4.69, 9.17) is 5.73 Å². The minimum absolute atomic E-state index is 0. The molecule has 2 heterocycles. The monoisotopic (exact) mass is 312 g/mol. The lowest BCUT2D eigenvalue weighted by molar-refractivity contribution is 0.932. The molecule has 4 rings (SSSR count). The first-order valence-corrected chi connectivity index (χ1v) is 6.54. The van der Waals surface area contributed by atoms with Crippen LogP contribution in [0.25, 0.3) is 16.8 Å². The van der Waals surface area contributed by atoms with E-state index in [-0.39, 0.29) is 18.4 Å². The minimum atomic E-state index is 0. The first-order valence-electron chi connectivity index (χ1n) is 6.54. The number of halogens is 1. The molecule has 0 spiro atoms. The number of para-hydroxylation sites is 3. The second kappa shape index (κ2) is 5.50. The van der Waals surface area contributed by atoms with Gasteiger partial charge in [-0.25, -0.2) is 9.39 Å². The molecule has 110 valence electrons. The summed E-state index contributed by atoms with van der Waals surface area (Å²) in [4.78, 5) is 16.3. The lowest BCUT2D eigenvalue weighted by Gasteiger charge is -1.98. The van der Waals surface area contributed by atoms with Crippen molar-refractivity contribution in [1.82, 2.24) is 19.4 Å². The molecular weight excluding hydrogens is 300 g/mol. The maximum atomic E-state index is 5.78. The van der Waals surface area contributed by atoms with Crippen molar-refractivity contribution < 1.29 is 0 Å². The number of aromatic nitrogens is 4. The van der Waals surface area contributed by atoms with E-state index in [9.17, 15) is 0 Å². The standard InChI is InChI=1S/C15H12N6.ClH/c16-13-19-14(17-10-6-2-1-3-7-10)21-12-9-5-4-8-11(12)18-15(21)20-13;/h1-9H,(H3,16,17,18,19,20);1H. The Kier molecular flexibility index (Phi) is 3.52. The molecule has 0 saturated heterocycles. The van der Waals surface area contributed by atoms with Gasteiger partial charge in [-0.3, -0.25) is 0 Å². The zero-order chi connectivity index (χ0) is 14.2. The molecule has 2 aromatic heterocycles. The number of nitrogens with two attached hydrogens (primary N) is 1. The van der Waals surface area contributed by atoms with E-state index in [1.807, 2.05) is 59.0 Å². The predicted molar refractivity (Wildman–Crippen MR) is 88.2 cm³/mol. The van der Waals surface area contributed by atoms with E-state index in [1.165, 1.54) is 0 Å². The summed E-state index contributed by atoms with van der Waals surface area (Å²) in [6.07, 6.45) is 0. The number of nitrogen functional groups attached to an aromatic ring is 1. The van der Waals surface area contributed by atoms with Crippen LogP contribution in [0.5, 0.6) is 0 Å². The molecule has 7 heteroatoms. The molecule has 4 aromatic rings. The molecule has 0 unspecified atom stereocenters. The number of nitrogens with zero attached hydrogens (tertiary/aromatic N) is 4. The Morgan fingerprint density at radius 2 is 1.68 bits per heavy atom. The van der Waals surface area contributed by atoms with Gasteiger partial charge in [-0.2, -0.15) is 9.97 Å². The summed E-state index contributed by atoms with van der Waals surface area (Å²) in [6.45, 7) is 0. The zero-order valence-electron chi connectivity index (χ0n) is 11.5. The molecule has 0 atom stereocenters. The average molecular weight is 313 g/mol. The third kappa shape index (κ3) is 2.29. The van der Waals surface area contributed by atoms with Crippen molar-refractivity contribution >= 4 is 40.9 Å². The number of hydrogen-bond donors (Lipinski definition) is 2. The first-order chi connectivity index (χ1) is 10.3. The van der Waals surface area contributed by atoms with Crippen LogP contribution in [0.2, 0.25) is 0 Å². The van der Waals surface area contributed by atoms with Crippen molar-refractivity contribution in [3.63, 3.8) is 0 Å². The number of hydrogen-bond acceptors (Lipinski definition) is 4. The predicted octanol–water partition coefficient (Wildman–Crippen LogP) is 2.45. The van der Waals surface area contributed by atoms with Crippen molar-refractivity contribution in [2.45, 2.75) is 0 Å². The van der Waals surface area contributed by atoms with Gasteiger partial charge in [-0.1, -0.05) is 30.3 Å². The number of imidazole rings is 1. The number of benzene rings is 2. The maximum absolute atomic E-state index is 5.78. The van der Waals surface area contributed by atoms with Crippen LogP contribution in [0, 0.1) is 0 Å². The molecule has 22 heavy (non-hydrogen) atoms. The highest BCUT2D eigenvalue weighted by atomic mass is 35.5. The van der Waals surface area contributed by atoms with Crippen molar-refractivity contribution in [1.29, 1.82) is 0 Å². The molecule has 0 bridgehead atoms. The van der Waals surface area contributed by atoms with Crippen LogP contribution < -0.4 is 11.4 Å². The summed E-state index contributed by atoms with van der Waals surface area (Å²) in [6, 6.07) is 17.5. The second-order valence-corrected chi connectivity index (χ2v) is 4.63. The summed E-state index contributed by atoms with van der Waals surface area (Å²) in [5, 5.41) is 0. The van der Waals surface area contributed by atoms with Gasteiger partial charge in [0.05, 0.1) is 16.7 Å². The fourth-order valence-corrected chi connectivity index (χ4v) is 2.32. The number of anilines is 1. The highest BCUT2D eigenvalue weighted by Gasteiger charge is 2.07. The van der Waals surface area contributed by atoms with E-state index >= 15 is 0 Å². The Morgan fingerprint density at radius 3 is 2.50 bits per heavy atom. The fourth-order valence-electron chi connectivity index (χ4n) is 2.32. The summed E-state index contributed by atoms with van der Waals surface area (Å²) in [5.74, 6) is 0.814. The van der Waals surface area contributed by atoms with Gasteiger partial charge < -0.3 is 10.7 Å². The highest BCUT2D eigenvalue weighted by molar-refractivity contribution is 5.85. The molecule has 0 radical (unpaired) electrons. The number of fused-ring (bicyclic) bond motifs is 3. The van der Waals surface area contributed by atoms with E-state index in [0.717, 1.165) is 16.7 Å². The highest BCUT2D eigenvalue weighted by Crippen LogP contribution is 2.14. The Bertz CT molecular complexity index is 1000. The molecule has 6 nitrogen and oxygen atoms in total. The van der Waals surface area contributed by atoms with Gasteiger partial charge in [0, 0.05) is 0 Å². The molecule has 0 saturated carbocycles. The van der Waals surface area contributed by atoms with Crippen molar-refractivity contribution in [3.05, 3.63) is 60.2 Å². The Balaban J connectivity index is 0.00000144. The van der Waals surface area contributed by atoms with E-state index in [0.29, 0.717) is 11.4 Å². The molecule has 0 fully saturated rings. The zero-order valence-corrected chi connectivity index (χ0v) is 12.3. The Morgan fingerprint density at radius 1 is 0.955 bits per heavy atom. The van der Waals surface area contributed by atoms with E-state index < -0.39 is 0 Å². The topological polar surface area (TPSA) is 84.4 Å². The van der Waals surface area contributed by atoms with Gasteiger partial charge in [-0.05, 0) is 24.3 Å². The van der Waals surface area contributed by atoms with Crippen molar-refractivity contribution in [3.8, 4) is 0 Å². The minimum Gasteiger partial charge on any atom is -0.368 e. The van der Waals surface area contributed by atoms with E-state index in [1.54, 1.807) is 0 Å². The van der Waals surface area contributed by atoms with Crippen molar-refractivity contribution in [2.75, 3.05) is 5.73 Å². The molecule has 0 aliphatic carbocycles. The van der Waals surface area contributed by atoms with Crippen LogP contribution in [0.1, 0.15) is 0 Å². The molecule has 0 aliphatic heterocycles. The molecule has 3 N–H and O–H groups in total. The number of nitrogens with one attached hydrogen (secondary N) is 1. The largest absolute Gasteiger partial charge is 0.368 e. The molecule has 2 aromatic carbocycles. The lowest BCUT2D eigenvalue weighted by Crippen LogP contribution is -2.20. The first kappa shape index (κ1) is 14.1. The molecule has 0 aliphatic rings. The lowest BCUT2D eigenvalue weighted by atomic mass is 10.3. The van der Waals surface area contributed by atoms with Crippen LogP contribution in [0.3, 0.4) is 0 Å². The summed E-state index contributed by atoms with van der Waals surface area (Å²) >= 11 is 0. The van der Waals surface area contributed by atoms with Crippen LogP contribution in [0.4, 0.5) is 11.6 Å². The molecular formula is C15H13ClN6. The Labute approximate surface area is 131 Å². The third-order valence-corrected chi connectivity index (χ3v) is 3.22. The number of H-pyrrole nitrogens is 1. The van der Waals surface area contributed by atoms with Gasteiger partial charge in [0.1, 0.15) is 0 Å². The van der Waals surface area contributed by atoms with Crippen LogP contribution in [0.15, 0.2) is 59.6 Å². The summed E-state index contributed by atoms with van der Waals surface area (Å²) < 4.78 is 1.86. The van der Waals surface area contributed by atoms with Crippen LogP contribution in [-0.2, 0) is 0 Å². The second-order valence-electron chi connectivity index (χ2n) is 4.63. The van der Waals surface area contributed by atoms with E-state index in [2.05, 4.69) is 19.9 Å². The smallest absolute Gasteiger partial charge is 0.240 e. The number of rotatable bonds is 1. The number of aromatic amines is 1. The van der Waals surface area contributed by atoms with Gasteiger partial charge in [-0.15, -0.1) is 12.4 Å². The van der Waals surface area contributed by atoms with Crippen LogP contribution >= 0.6 is 12.4 Å². The Hall–Kier alpha value is -2.86. The summed E-state index contributed by atoms with van der Waals surface area (Å²) in [7, 11) is 0. The van der Waals surface area contributed by atoms with Crippen LogP contribution in [-0.4, -0.2) is 19.4 Å². The normalized spacial score (nSPS) is 11.7. The fraction of sp³-hybridized carbons (Fsp3) is 0. The SMILES string of the molecule is Cl.Nc1nc(=Nc2ccccc2)n2c(n1)[nH]c1ccccc12. The summed E-state index contributed by atoms with van der Waals surface area (Å²) in [5.41, 5.74) is 9.02. The van der Waals surface area contributed by atoms with Crippen molar-refractivity contribution in [2.24, 2.45) is 4.99 Å². The van der Waals surface area contributed by atoms with Gasteiger partial charge in [0.25, 0.3) is 0 Å². The quantitative estimate of drug-likeness (QED) is 0.566. The maximum Gasteiger partial charge on any atom is 0.240 e. The molecule has 0 amide bonds. The van der Waals surface area contributed by atoms with Gasteiger partial charge in [0.15, 0.2) is 0 Å². The van der Waals surface area contributed by atoms with Gasteiger partial charge in [0.2, 0.25) is 17.3 Å². The van der Waals surface area contributed by atoms with Gasteiger partial charge >= 0.3 is 0 Å². The average Bonchev–Trinajstić information content (AvgIpc) is 2.86.